The van der Waals surface area contributed by atoms with Crippen molar-refractivity contribution in [2.75, 3.05) is 10.6 Å². The van der Waals surface area contributed by atoms with Crippen LogP contribution in [0.3, 0.4) is 0 Å². The summed E-state index contributed by atoms with van der Waals surface area (Å²) in [5.41, 5.74) is 3.12. The van der Waals surface area contributed by atoms with Crippen LogP contribution in [0, 0.1) is 13.8 Å². The first-order chi connectivity index (χ1) is 9.99. The van der Waals surface area contributed by atoms with E-state index in [1.165, 1.54) is 0 Å². The Bertz CT molecular complexity index is 604. The lowest BCUT2D eigenvalue weighted by molar-refractivity contribution is 0.753. The Balaban J connectivity index is 2.22. The monoisotopic (exact) mass is 304 g/mol. The first-order valence-corrected chi connectivity index (χ1v) is 7.50. The summed E-state index contributed by atoms with van der Waals surface area (Å²) in [5.74, 6) is 1.35. The van der Waals surface area contributed by atoms with E-state index in [0.29, 0.717) is 17.0 Å². The Morgan fingerprint density at radius 3 is 2.71 bits per heavy atom. The number of benzene rings is 1. The standard InChI is InChI=1S/C16H21ClN4/c1-5-12(4)19-16-18-7-6-14(21-16)20-15-11(3)8-10(2)9-13(15)17/h6-9,12H,5H2,1-4H3,(H2,18,19,20,21). The third-order valence-electron chi connectivity index (χ3n) is 3.33. The predicted molar refractivity (Wildman–Crippen MR) is 89.6 cm³/mol. The van der Waals surface area contributed by atoms with Crippen molar-refractivity contribution in [3.63, 3.8) is 0 Å². The second kappa shape index (κ2) is 6.76. The second-order valence-corrected chi connectivity index (χ2v) is 5.69. The van der Waals surface area contributed by atoms with Gasteiger partial charge in [0.1, 0.15) is 5.82 Å². The molecule has 112 valence electrons. The van der Waals surface area contributed by atoms with Gasteiger partial charge < -0.3 is 10.6 Å². The summed E-state index contributed by atoms with van der Waals surface area (Å²) in [6.07, 6.45) is 2.75. The molecule has 0 spiro atoms. The minimum Gasteiger partial charge on any atom is -0.352 e. The van der Waals surface area contributed by atoms with Gasteiger partial charge in [-0.2, -0.15) is 4.98 Å². The summed E-state index contributed by atoms with van der Waals surface area (Å²) in [4.78, 5) is 8.70. The minimum atomic E-state index is 0.338. The van der Waals surface area contributed by atoms with Gasteiger partial charge in [0.2, 0.25) is 5.95 Å². The molecule has 5 heteroatoms. The lowest BCUT2D eigenvalue weighted by atomic mass is 10.1. The maximum atomic E-state index is 6.31. The lowest BCUT2D eigenvalue weighted by Crippen LogP contribution is -2.15. The highest BCUT2D eigenvalue weighted by Gasteiger charge is 2.08. The van der Waals surface area contributed by atoms with E-state index in [0.717, 1.165) is 29.1 Å². The van der Waals surface area contributed by atoms with E-state index in [1.807, 2.05) is 26.0 Å². The Morgan fingerprint density at radius 1 is 1.29 bits per heavy atom. The molecule has 1 unspecified atom stereocenters. The van der Waals surface area contributed by atoms with E-state index in [1.54, 1.807) is 6.20 Å². The first-order valence-electron chi connectivity index (χ1n) is 7.13. The molecule has 0 aliphatic heterocycles. The van der Waals surface area contributed by atoms with Crippen molar-refractivity contribution in [2.45, 2.75) is 40.2 Å². The summed E-state index contributed by atoms with van der Waals surface area (Å²) < 4.78 is 0. The Morgan fingerprint density at radius 2 is 2.05 bits per heavy atom. The van der Waals surface area contributed by atoms with Gasteiger partial charge >= 0.3 is 0 Å². The average Bonchev–Trinajstić information content (AvgIpc) is 2.43. The number of hydrogen-bond acceptors (Lipinski definition) is 4. The van der Waals surface area contributed by atoms with Gasteiger partial charge in [-0.3, -0.25) is 0 Å². The number of hydrogen-bond donors (Lipinski definition) is 2. The van der Waals surface area contributed by atoms with Gasteiger partial charge in [0.15, 0.2) is 0 Å². The number of halogens is 1. The van der Waals surface area contributed by atoms with Gasteiger partial charge in [-0.25, -0.2) is 4.98 Å². The fourth-order valence-corrected chi connectivity index (χ4v) is 2.39. The van der Waals surface area contributed by atoms with E-state index in [4.69, 9.17) is 11.6 Å². The van der Waals surface area contributed by atoms with Crippen molar-refractivity contribution < 1.29 is 0 Å². The van der Waals surface area contributed by atoms with Crippen LogP contribution in [0.5, 0.6) is 0 Å². The zero-order valence-electron chi connectivity index (χ0n) is 12.9. The average molecular weight is 305 g/mol. The fourth-order valence-electron chi connectivity index (χ4n) is 2.02. The summed E-state index contributed by atoms with van der Waals surface area (Å²) in [5, 5.41) is 7.23. The highest BCUT2D eigenvalue weighted by Crippen LogP contribution is 2.29. The summed E-state index contributed by atoms with van der Waals surface area (Å²) in [7, 11) is 0. The van der Waals surface area contributed by atoms with Gasteiger partial charge in [0, 0.05) is 12.2 Å². The molecule has 0 fully saturated rings. The fraction of sp³-hybridized carbons (Fsp3) is 0.375. The number of nitrogens with zero attached hydrogens (tertiary/aromatic N) is 2. The molecule has 1 aromatic heterocycles. The number of aromatic nitrogens is 2. The van der Waals surface area contributed by atoms with Gasteiger partial charge in [-0.05, 0) is 50.5 Å². The third-order valence-corrected chi connectivity index (χ3v) is 3.63. The molecule has 1 aromatic carbocycles. The predicted octanol–water partition coefficient (Wildman–Crippen LogP) is 4.70. The molecule has 0 radical (unpaired) electrons. The van der Waals surface area contributed by atoms with Gasteiger partial charge in [-0.15, -0.1) is 0 Å². The quantitative estimate of drug-likeness (QED) is 0.840. The molecular formula is C16H21ClN4. The van der Waals surface area contributed by atoms with Crippen LogP contribution >= 0.6 is 11.6 Å². The van der Waals surface area contributed by atoms with Crippen LogP contribution in [0.25, 0.3) is 0 Å². The van der Waals surface area contributed by atoms with Crippen LogP contribution in [-0.2, 0) is 0 Å². The normalized spacial score (nSPS) is 12.0. The molecule has 2 N–H and O–H groups in total. The number of nitrogens with one attached hydrogen (secondary N) is 2. The lowest BCUT2D eigenvalue weighted by Gasteiger charge is -2.14. The highest BCUT2D eigenvalue weighted by atomic mass is 35.5. The van der Waals surface area contributed by atoms with E-state index in [2.05, 4.69) is 40.5 Å². The van der Waals surface area contributed by atoms with Crippen molar-refractivity contribution in [3.05, 3.63) is 40.5 Å². The van der Waals surface area contributed by atoms with Crippen LogP contribution in [-0.4, -0.2) is 16.0 Å². The van der Waals surface area contributed by atoms with Crippen LogP contribution in [0.15, 0.2) is 24.4 Å². The molecule has 0 amide bonds. The summed E-state index contributed by atoms with van der Waals surface area (Å²) in [6, 6.07) is 6.20. The highest BCUT2D eigenvalue weighted by molar-refractivity contribution is 6.33. The topological polar surface area (TPSA) is 49.8 Å². The molecule has 0 saturated heterocycles. The van der Waals surface area contributed by atoms with E-state index in [9.17, 15) is 0 Å². The van der Waals surface area contributed by atoms with E-state index >= 15 is 0 Å². The van der Waals surface area contributed by atoms with Gasteiger partial charge in [-0.1, -0.05) is 24.6 Å². The molecule has 0 bridgehead atoms. The minimum absolute atomic E-state index is 0.338. The Labute approximate surface area is 131 Å². The molecule has 2 aromatic rings. The zero-order valence-corrected chi connectivity index (χ0v) is 13.6. The first kappa shape index (κ1) is 15.6. The maximum absolute atomic E-state index is 6.31. The molecule has 4 nitrogen and oxygen atoms in total. The van der Waals surface area contributed by atoms with Crippen LogP contribution < -0.4 is 10.6 Å². The molecule has 0 saturated carbocycles. The molecule has 1 heterocycles. The van der Waals surface area contributed by atoms with E-state index in [-0.39, 0.29) is 0 Å². The van der Waals surface area contributed by atoms with Crippen LogP contribution in [0.4, 0.5) is 17.5 Å². The second-order valence-electron chi connectivity index (χ2n) is 5.28. The number of rotatable bonds is 5. The Hall–Kier alpha value is -1.81. The van der Waals surface area contributed by atoms with Crippen LogP contribution in [0.1, 0.15) is 31.4 Å². The molecule has 2 rings (SSSR count). The smallest absolute Gasteiger partial charge is 0.224 e. The maximum Gasteiger partial charge on any atom is 0.224 e. The van der Waals surface area contributed by atoms with Gasteiger partial charge in [0.05, 0.1) is 10.7 Å². The molecule has 0 aliphatic carbocycles. The molecule has 21 heavy (non-hydrogen) atoms. The Kier molecular flexibility index (Phi) is 5.02. The number of aryl methyl sites for hydroxylation is 2. The van der Waals surface area contributed by atoms with Crippen molar-refractivity contribution in [1.29, 1.82) is 0 Å². The van der Waals surface area contributed by atoms with Crippen molar-refractivity contribution >= 4 is 29.1 Å². The molecule has 1 atom stereocenters. The number of anilines is 3. The van der Waals surface area contributed by atoms with Gasteiger partial charge in [0.25, 0.3) is 0 Å². The summed E-state index contributed by atoms with van der Waals surface area (Å²) in [6.45, 7) is 8.28. The molecular weight excluding hydrogens is 284 g/mol. The van der Waals surface area contributed by atoms with E-state index < -0.39 is 0 Å². The summed E-state index contributed by atoms with van der Waals surface area (Å²) >= 11 is 6.31. The van der Waals surface area contributed by atoms with Crippen molar-refractivity contribution in [2.24, 2.45) is 0 Å². The SMILES string of the molecule is CCC(C)Nc1nccc(Nc2c(C)cc(C)cc2Cl)n1. The molecule has 0 aliphatic rings. The van der Waals surface area contributed by atoms with Crippen LogP contribution in [0.2, 0.25) is 5.02 Å². The zero-order chi connectivity index (χ0) is 15.4. The van der Waals surface area contributed by atoms with Crippen molar-refractivity contribution in [1.82, 2.24) is 9.97 Å². The largest absolute Gasteiger partial charge is 0.352 e. The third kappa shape index (κ3) is 4.08. The van der Waals surface area contributed by atoms with Crippen molar-refractivity contribution in [3.8, 4) is 0 Å².